The van der Waals surface area contributed by atoms with E-state index in [1.165, 1.54) is 24.3 Å². The van der Waals surface area contributed by atoms with E-state index in [1.807, 2.05) is 0 Å². The molecule has 0 saturated carbocycles. The van der Waals surface area contributed by atoms with Crippen molar-refractivity contribution in [3.05, 3.63) is 29.8 Å². The van der Waals surface area contributed by atoms with Crippen LogP contribution in [0.3, 0.4) is 0 Å². The van der Waals surface area contributed by atoms with Gasteiger partial charge in [-0.25, -0.2) is 4.79 Å². The number of hydrogen-bond acceptors (Lipinski definition) is 5. The Morgan fingerprint density at radius 2 is 1.86 bits per heavy atom. The number of aliphatic carboxylic acids is 2. The average Bonchev–Trinajstić information content (AvgIpc) is 2.38. The third-order valence-corrected chi connectivity index (χ3v) is 2.40. The van der Waals surface area contributed by atoms with Gasteiger partial charge in [0.1, 0.15) is 0 Å². The molecule has 0 atom stereocenters. The molecule has 0 aromatic heterocycles. The quantitative estimate of drug-likeness (QED) is 0.397. The Bertz CT molecular complexity index is 575. The number of hydrogen-bond donors (Lipinski definition) is 3. The summed E-state index contributed by atoms with van der Waals surface area (Å²) in [5.41, 5.74) is 0.431. The zero-order chi connectivity index (χ0) is 15.8. The van der Waals surface area contributed by atoms with Gasteiger partial charge in [-0.3, -0.25) is 9.59 Å². The summed E-state index contributed by atoms with van der Waals surface area (Å²) in [6.45, 7) is 0. The number of benzene rings is 1. The number of phenols is 1. The smallest absolute Gasteiger partial charge is 0.328 e. The van der Waals surface area contributed by atoms with Crippen molar-refractivity contribution in [3.8, 4) is 11.5 Å². The van der Waals surface area contributed by atoms with Crippen LogP contribution in [0.5, 0.6) is 11.5 Å². The summed E-state index contributed by atoms with van der Waals surface area (Å²) in [5, 5.41) is 26.6. The lowest BCUT2D eigenvalue weighted by Gasteiger charge is -2.06. The molecule has 1 aromatic rings. The number of carboxylic acid groups (broad SMARTS) is 2. The molecule has 0 amide bonds. The van der Waals surface area contributed by atoms with Crippen molar-refractivity contribution >= 4 is 24.0 Å². The van der Waals surface area contributed by atoms with Crippen LogP contribution in [0.2, 0.25) is 0 Å². The second-order valence-corrected chi connectivity index (χ2v) is 4.12. The Morgan fingerprint density at radius 3 is 2.43 bits per heavy atom. The number of carboxylic acids is 2. The Balaban J connectivity index is 2.62. The summed E-state index contributed by atoms with van der Waals surface area (Å²) in [5.74, 6) is -3.15. The van der Waals surface area contributed by atoms with Gasteiger partial charge in [0, 0.05) is 18.9 Å². The summed E-state index contributed by atoms with van der Waals surface area (Å²) >= 11 is 0. The van der Waals surface area contributed by atoms with E-state index < -0.39 is 17.9 Å². The first kappa shape index (κ1) is 16.2. The van der Waals surface area contributed by atoms with Crippen molar-refractivity contribution in [3.63, 3.8) is 0 Å². The zero-order valence-electron chi connectivity index (χ0n) is 11.0. The zero-order valence-corrected chi connectivity index (χ0v) is 11.0. The minimum atomic E-state index is -1.12. The highest BCUT2D eigenvalue weighted by molar-refractivity contribution is 5.85. The van der Waals surface area contributed by atoms with Gasteiger partial charge in [-0.05, 0) is 30.2 Å². The minimum Gasteiger partial charge on any atom is -0.504 e. The van der Waals surface area contributed by atoms with Gasteiger partial charge in [-0.15, -0.1) is 0 Å². The summed E-state index contributed by atoms with van der Waals surface area (Å²) in [6, 6.07) is 4.05. The van der Waals surface area contributed by atoms with Gasteiger partial charge in [-0.2, -0.15) is 0 Å². The van der Waals surface area contributed by atoms with Crippen molar-refractivity contribution < 1.29 is 34.4 Å². The molecule has 1 rings (SSSR count). The second-order valence-electron chi connectivity index (χ2n) is 4.12. The van der Waals surface area contributed by atoms with Gasteiger partial charge in [0.15, 0.2) is 11.5 Å². The van der Waals surface area contributed by atoms with Crippen molar-refractivity contribution in [1.82, 2.24) is 0 Å². The molecule has 7 heteroatoms. The van der Waals surface area contributed by atoms with Crippen LogP contribution in [0, 0.1) is 0 Å². The van der Waals surface area contributed by atoms with Crippen molar-refractivity contribution in [1.29, 1.82) is 0 Å². The number of ether oxygens (including phenoxy) is 1. The molecule has 0 aliphatic rings. The van der Waals surface area contributed by atoms with E-state index in [0.717, 1.165) is 6.08 Å². The SMILES string of the molecule is O=C(O)C=Cc1ccc(OC(=O)CCCC(=O)O)c(O)c1. The third-order valence-electron chi connectivity index (χ3n) is 2.40. The predicted octanol–water partition coefficient (Wildman–Crippen LogP) is 1.65. The van der Waals surface area contributed by atoms with Crippen molar-refractivity contribution in [2.75, 3.05) is 0 Å². The average molecular weight is 294 g/mol. The first-order valence-electron chi connectivity index (χ1n) is 6.05. The van der Waals surface area contributed by atoms with E-state index in [9.17, 15) is 19.5 Å². The number of esters is 1. The van der Waals surface area contributed by atoms with Gasteiger partial charge in [-0.1, -0.05) is 6.07 Å². The van der Waals surface area contributed by atoms with E-state index in [2.05, 4.69) is 0 Å². The fourth-order valence-electron chi connectivity index (χ4n) is 1.45. The molecule has 21 heavy (non-hydrogen) atoms. The molecule has 0 fully saturated rings. The van der Waals surface area contributed by atoms with Crippen LogP contribution in [-0.4, -0.2) is 33.2 Å². The first-order valence-corrected chi connectivity index (χ1v) is 6.05. The lowest BCUT2D eigenvalue weighted by Crippen LogP contribution is -2.08. The summed E-state index contributed by atoms with van der Waals surface area (Å²) in [7, 11) is 0. The molecule has 0 bridgehead atoms. The van der Waals surface area contributed by atoms with Crippen LogP contribution in [0.25, 0.3) is 6.08 Å². The largest absolute Gasteiger partial charge is 0.504 e. The van der Waals surface area contributed by atoms with Crippen LogP contribution in [0.4, 0.5) is 0 Å². The van der Waals surface area contributed by atoms with E-state index >= 15 is 0 Å². The number of phenolic OH excluding ortho intramolecular Hbond substituents is 1. The summed E-state index contributed by atoms with van der Waals surface area (Å²) in [4.78, 5) is 32.1. The molecule has 0 saturated heterocycles. The second kappa shape index (κ2) is 7.68. The topological polar surface area (TPSA) is 121 Å². The molecule has 112 valence electrons. The molecule has 3 N–H and O–H groups in total. The van der Waals surface area contributed by atoms with Crippen molar-refractivity contribution in [2.24, 2.45) is 0 Å². The molecule has 0 heterocycles. The van der Waals surface area contributed by atoms with E-state index in [-0.39, 0.29) is 30.8 Å². The monoisotopic (exact) mass is 294 g/mol. The standard InChI is InChI=1S/C14H14O7/c15-10-8-9(5-7-13(18)19)4-6-11(10)21-14(20)3-1-2-12(16)17/h4-8,15H,1-3H2,(H,16,17)(H,18,19). The summed E-state index contributed by atoms with van der Waals surface area (Å²) < 4.78 is 4.89. The van der Waals surface area contributed by atoms with Crippen LogP contribution in [0.15, 0.2) is 24.3 Å². The molecule has 0 unspecified atom stereocenters. The van der Waals surface area contributed by atoms with Gasteiger partial charge in [0.25, 0.3) is 0 Å². The minimum absolute atomic E-state index is 0.0669. The van der Waals surface area contributed by atoms with E-state index in [4.69, 9.17) is 14.9 Å². The van der Waals surface area contributed by atoms with Gasteiger partial charge >= 0.3 is 17.9 Å². The molecular weight excluding hydrogens is 280 g/mol. The number of rotatable bonds is 7. The van der Waals surface area contributed by atoms with Crippen LogP contribution >= 0.6 is 0 Å². The third kappa shape index (κ3) is 6.24. The van der Waals surface area contributed by atoms with Gasteiger partial charge in [0.05, 0.1) is 0 Å². The molecule has 0 aliphatic carbocycles. The van der Waals surface area contributed by atoms with Crippen LogP contribution in [-0.2, 0) is 14.4 Å². The lowest BCUT2D eigenvalue weighted by molar-refractivity contribution is -0.138. The predicted molar refractivity (Wildman–Crippen MR) is 71.9 cm³/mol. The van der Waals surface area contributed by atoms with Crippen LogP contribution in [0.1, 0.15) is 24.8 Å². The van der Waals surface area contributed by atoms with Gasteiger partial charge < -0.3 is 20.1 Å². The molecule has 1 aromatic carbocycles. The molecule has 7 nitrogen and oxygen atoms in total. The highest BCUT2D eigenvalue weighted by atomic mass is 16.5. The highest BCUT2D eigenvalue weighted by Gasteiger charge is 2.10. The molecule has 0 aliphatic heterocycles. The fraction of sp³-hybridized carbons (Fsp3) is 0.214. The first-order chi connectivity index (χ1) is 9.88. The number of aromatic hydroxyl groups is 1. The molecule has 0 spiro atoms. The maximum atomic E-state index is 11.4. The fourth-order valence-corrected chi connectivity index (χ4v) is 1.45. The summed E-state index contributed by atoms with van der Waals surface area (Å²) in [6.07, 6.45) is 2.12. The Hall–Kier alpha value is -2.83. The van der Waals surface area contributed by atoms with Crippen molar-refractivity contribution in [2.45, 2.75) is 19.3 Å². The maximum Gasteiger partial charge on any atom is 0.328 e. The molecular formula is C14H14O7. The van der Waals surface area contributed by atoms with Gasteiger partial charge in [0.2, 0.25) is 0 Å². The normalized spacial score (nSPS) is 10.5. The van der Waals surface area contributed by atoms with E-state index in [1.54, 1.807) is 0 Å². The maximum absolute atomic E-state index is 11.4. The Labute approximate surface area is 120 Å². The Morgan fingerprint density at radius 1 is 1.14 bits per heavy atom. The molecule has 0 radical (unpaired) electrons. The van der Waals surface area contributed by atoms with Crippen LogP contribution < -0.4 is 4.74 Å². The number of carbonyl (C=O) groups excluding carboxylic acids is 1. The number of carbonyl (C=O) groups is 3. The van der Waals surface area contributed by atoms with E-state index in [0.29, 0.717) is 5.56 Å². The Kier molecular flexibility index (Phi) is 5.94. The lowest BCUT2D eigenvalue weighted by atomic mass is 10.2. The highest BCUT2D eigenvalue weighted by Crippen LogP contribution is 2.27.